The number of allylic oxidation sites excluding steroid dienone is 2. The number of ether oxygens (including phenoxy) is 1. The first kappa shape index (κ1) is 27.9. The largest absolute Gasteiger partial charge is 1.00 e. The second-order valence-electron chi connectivity index (χ2n) is 8.88. The zero-order valence-electron chi connectivity index (χ0n) is 20.0. The normalized spacial score (nSPS) is 11.0. The third-order valence-corrected chi connectivity index (χ3v) is 5.17. The average molecular weight is 509 g/mol. The monoisotopic (exact) mass is 508 g/mol. The van der Waals surface area contributed by atoms with Crippen molar-refractivity contribution in [1.29, 1.82) is 0 Å². The number of quaternary nitrogens is 1. The van der Waals surface area contributed by atoms with E-state index in [0.717, 1.165) is 42.5 Å². The summed E-state index contributed by atoms with van der Waals surface area (Å²) in [6.45, 7) is 8.76. The van der Waals surface area contributed by atoms with Crippen molar-refractivity contribution in [3.05, 3.63) is 51.9 Å². The lowest BCUT2D eigenvalue weighted by molar-refractivity contribution is -0.882. The predicted octanol–water partition coefficient (Wildman–Crippen LogP) is 1.07. The smallest absolute Gasteiger partial charge is 0.336 e. The summed E-state index contributed by atoms with van der Waals surface area (Å²) in [5.74, 6) is 0.870. The lowest BCUT2D eigenvalue weighted by atomic mass is 10.1. The molecule has 6 nitrogen and oxygen atoms in total. The van der Waals surface area contributed by atoms with Crippen molar-refractivity contribution >= 4 is 16.9 Å². The first-order valence-corrected chi connectivity index (χ1v) is 11.1. The number of amides is 1. The minimum absolute atomic E-state index is 0. The van der Waals surface area contributed by atoms with Crippen molar-refractivity contribution in [2.75, 3.05) is 40.3 Å². The topological polar surface area (TPSA) is 68.5 Å². The number of unbranched alkanes of at least 4 members (excludes halogenated alkanes) is 2. The third-order valence-electron chi connectivity index (χ3n) is 5.17. The van der Waals surface area contributed by atoms with Gasteiger partial charge >= 0.3 is 5.63 Å². The molecule has 0 bridgehead atoms. The fourth-order valence-electron chi connectivity index (χ4n) is 3.53. The van der Waals surface area contributed by atoms with E-state index in [1.54, 1.807) is 6.07 Å². The Morgan fingerprint density at radius 3 is 2.53 bits per heavy atom. The first-order chi connectivity index (χ1) is 14.7. The van der Waals surface area contributed by atoms with Crippen molar-refractivity contribution in [3.63, 3.8) is 0 Å². The van der Waals surface area contributed by atoms with Gasteiger partial charge in [-0.05, 0) is 64.7 Å². The Morgan fingerprint density at radius 1 is 1.12 bits per heavy atom. The molecular formula is C25H37BrN2O4. The Hall–Kier alpha value is -2.12. The lowest BCUT2D eigenvalue weighted by Crippen LogP contribution is -3.00. The molecule has 0 unspecified atom stereocenters. The van der Waals surface area contributed by atoms with Crippen LogP contribution in [0.3, 0.4) is 0 Å². The number of fused-ring (bicyclic) bond motifs is 1. The molecule has 0 saturated carbocycles. The zero-order chi connectivity index (χ0) is 22.9. The van der Waals surface area contributed by atoms with E-state index in [9.17, 15) is 9.59 Å². The molecule has 1 heterocycles. The van der Waals surface area contributed by atoms with Crippen LogP contribution >= 0.6 is 0 Å². The van der Waals surface area contributed by atoms with Crippen molar-refractivity contribution < 1.29 is 35.4 Å². The van der Waals surface area contributed by atoms with Gasteiger partial charge in [-0.15, -0.1) is 0 Å². The number of nitrogens with zero attached hydrogens (tertiary/aromatic N) is 1. The van der Waals surface area contributed by atoms with Gasteiger partial charge < -0.3 is 35.9 Å². The highest BCUT2D eigenvalue weighted by molar-refractivity contribution is 5.82. The van der Waals surface area contributed by atoms with Crippen LogP contribution in [0, 0.1) is 0 Å². The average Bonchev–Trinajstić information content (AvgIpc) is 2.68. The molecule has 0 aliphatic rings. The molecule has 1 amide bonds. The summed E-state index contributed by atoms with van der Waals surface area (Å²) in [5, 5.41) is 3.76. The fourth-order valence-corrected chi connectivity index (χ4v) is 3.53. The van der Waals surface area contributed by atoms with Crippen LogP contribution in [-0.4, -0.2) is 50.7 Å². The Balaban J connectivity index is 0.00000512. The highest BCUT2D eigenvalue weighted by atomic mass is 79.9. The summed E-state index contributed by atoms with van der Waals surface area (Å²) < 4.78 is 12.3. The maximum atomic E-state index is 11.8. The molecule has 0 aliphatic carbocycles. The van der Waals surface area contributed by atoms with Gasteiger partial charge in [0.1, 0.15) is 11.3 Å². The van der Waals surface area contributed by atoms with Crippen LogP contribution in [0.1, 0.15) is 45.6 Å². The maximum absolute atomic E-state index is 11.8. The molecule has 7 heteroatoms. The highest BCUT2D eigenvalue weighted by Crippen LogP contribution is 2.28. The number of nitrogens with one attached hydrogen (secondary N) is 1. The van der Waals surface area contributed by atoms with E-state index in [2.05, 4.69) is 25.5 Å². The number of benzene rings is 1. The second-order valence-corrected chi connectivity index (χ2v) is 8.88. The molecule has 0 atom stereocenters. The van der Waals surface area contributed by atoms with Crippen LogP contribution in [0.4, 0.5) is 0 Å². The Labute approximate surface area is 202 Å². The van der Waals surface area contributed by atoms with Gasteiger partial charge in [-0.25, -0.2) is 4.79 Å². The second kappa shape index (κ2) is 13.4. The number of hydrogen-bond acceptors (Lipinski definition) is 4. The predicted molar refractivity (Wildman–Crippen MR) is 125 cm³/mol. The number of carbonyl (C=O) groups excluding carboxylic acids is 1. The van der Waals surface area contributed by atoms with E-state index in [-0.39, 0.29) is 28.5 Å². The van der Waals surface area contributed by atoms with Crippen LogP contribution in [0.2, 0.25) is 0 Å². The number of hydrogen-bond donors (Lipinski definition) is 1. The van der Waals surface area contributed by atoms with Gasteiger partial charge in [0, 0.05) is 23.6 Å². The minimum Gasteiger partial charge on any atom is -1.00 e. The molecule has 1 aromatic heterocycles. The van der Waals surface area contributed by atoms with Crippen molar-refractivity contribution in [2.24, 2.45) is 0 Å². The Kier molecular flexibility index (Phi) is 11.7. The Morgan fingerprint density at radius 2 is 1.84 bits per heavy atom. The summed E-state index contributed by atoms with van der Waals surface area (Å²) in [6, 6.07) is 7.13. The molecule has 0 radical (unpaired) electrons. The molecule has 32 heavy (non-hydrogen) atoms. The molecule has 1 N–H and O–H groups in total. The molecule has 2 aromatic rings. The summed E-state index contributed by atoms with van der Waals surface area (Å²) in [7, 11) is 4.17. The van der Waals surface area contributed by atoms with Gasteiger partial charge in [0.05, 0.1) is 27.2 Å². The van der Waals surface area contributed by atoms with Crippen molar-refractivity contribution in [3.8, 4) is 5.75 Å². The summed E-state index contributed by atoms with van der Waals surface area (Å²) >= 11 is 0. The highest BCUT2D eigenvalue weighted by Gasteiger charge is 2.19. The quantitative estimate of drug-likeness (QED) is 0.201. The molecule has 0 aliphatic heterocycles. The van der Waals surface area contributed by atoms with E-state index in [1.807, 2.05) is 32.9 Å². The van der Waals surface area contributed by atoms with Gasteiger partial charge in [-0.3, -0.25) is 4.79 Å². The van der Waals surface area contributed by atoms with Gasteiger partial charge in [0.25, 0.3) is 5.91 Å². The molecule has 0 spiro atoms. The number of halogens is 1. The molecular weight excluding hydrogens is 472 g/mol. The van der Waals surface area contributed by atoms with Gasteiger partial charge in [0.15, 0.2) is 6.54 Å². The van der Waals surface area contributed by atoms with E-state index in [4.69, 9.17) is 9.15 Å². The van der Waals surface area contributed by atoms with Gasteiger partial charge in [0.2, 0.25) is 0 Å². The van der Waals surface area contributed by atoms with Crippen LogP contribution in [0.5, 0.6) is 5.75 Å². The van der Waals surface area contributed by atoms with Gasteiger partial charge in [-0.1, -0.05) is 11.6 Å². The summed E-state index contributed by atoms with van der Waals surface area (Å²) in [5.41, 5.74) is 2.37. The van der Waals surface area contributed by atoms with Crippen LogP contribution in [0.15, 0.2) is 45.1 Å². The zero-order valence-corrected chi connectivity index (χ0v) is 21.6. The van der Waals surface area contributed by atoms with Crippen LogP contribution < -0.4 is 32.7 Å². The minimum atomic E-state index is -0.351. The Bertz CT molecular complexity index is 962. The van der Waals surface area contributed by atoms with E-state index < -0.39 is 0 Å². The third kappa shape index (κ3) is 9.17. The lowest BCUT2D eigenvalue weighted by Gasteiger charge is -2.29. The number of carbonyl (C=O) groups is 1. The van der Waals surface area contributed by atoms with E-state index in [0.29, 0.717) is 36.2 Å². The summed E-state index contributed by atoms with van der Waals surface area (Å²) in [6.07, 6.45) is 5.77. The standard InChI is InChI=1S/C25H36N2O4.BrH/c1-6-26-23(28)18-27(4,5)16-8-7-9-17-30-22-14-11-20-12-15-24(29)31-25(20)21(22)13-10-19(2)3;/h10-12,14-15H,6-9,13,16-18H2,1-5H3;1H. The van der Waals surface area contributed by atoms with Crippen LogP contribution in [-0.2, 0) is 11.2 Å². The summed E-state index contributed by atoms with van der Waals surface area (Å²) in [4.78, 5) is 23.6. The van der Waals surface area contributed by atoms with Gasteiger partial charge in [-0.2, -0.15) is 0 Å². The first-order valence-electron chi connectivity index (χ1n) is 11.1. The SMILES string of the molecule is CCNC(=O)C[N+](C)(C)CCCCCOc1ccc2ccc(=O)oc2c1CC=C(C)C.[Br-]. The van der Waals surface area contributed by atoms with E-state index in [1.165, 1.54) is 11.6 Å². The maximum Gasteiger partial charge on any atom is 0.336 e. The molecule has 0 saturated heterocycles. The molecule has 2 rings (SSSR count). The number of rotatable bonds is 12. The van der Waals surface area contributed by atoms with E-state index >= 15 is 0 Å². The molecule has 178 valence electrons. The fraction of sp³-hybridized carbons (Fsp3) is 0.520. The van der Waals surface area contributed by atoms with Crippen molar-refractivity contribution in [1.82, 2.24) is 5.32 Å². The van der Waals surface area contributed by atoms with Crippen molar-refractivity contribution in [2.45, 2.75) is 46.5 Å². The molecule has 1 aromatic carbocycles. The number of likely N-dealkylation sites (N-methyl/N-ethyl adjacent to an activating group) is 2. The van der Waals surface area contributed by atoms with Crippen LogP contribution in [0.25, 0.3) is 11.0 Å². The molecule has 0 fully saturated rings.